The number of nitro groups is 1. The monoisotopic (exact) mass is 291 g/mol. The minimum absolute atomic E-state index is 0.0225. The van der Waals surface area contributed by atoms with Gasteiger partial charge in [-0.05, 0) is 37.3 Å². The second-order valence-electron chi connectivity index (χ2n) is 4.12. The topological polar surface area (TPSA) is 67.2 Å². The number of para-hydroxylation sites is 1. The molecule has 0 atom stereocenters. The summed E-state index contributed by atoms with van der Waals surface area (Å²) in [4.78, 5) is 10.9. The van der Waals surface area contributed by atoms with Gasteiger partial charge in [0.05, 0.1) is 4.92 Å². The smallest absolute Gasteiger partial charge is 0.315 e. The Balaban J connectivity index is 2.40. The third-order valence-corrected chi connectivity index (χ3v) is 2.92. The molecule has 104 valence electrons. The standard InChI is InChI=1S/C14H14ClN3O2/c1-2-16-12-7-4-8-13(14(12)18(19)20)17-11-6-3-5-10(15)9-11/h3-9,16-17H,2H2,1H3. The highest BCUT2D eigenvalue weighted by molar-refractivity contribution is 6.30. The van der Waals surface area contributed by atoms with Crippen LogP contribution in [0.15, 0.2) is 42.5 Å². The van der Waals surface area contributed by atoms with Gasteiger partial charge in [-0.15, -0.1) is 0 Å². The lowest BCUT2D eigenvalue weighted by Crippen LogP contribution is -2.04. The molecular weight excluding hydrogens is 278 g/mol. The van der Waals surface area contributed by atoms with Gasteiger partial charge in [0.15, 0.2) is 0 Å². The summed E-state index contributed by atoms with van der Waals surface area (Å²) >= 11 is 5.91. The van der Waals surface area contributed by atoms with E-state index in [2.05, 4.69) is 10.6 Å². The van der Waals surface area contributed by atoms with Gasteiger partial charge in [-0.2, -0.15) is 0 Å². The molecule has 0 aliphatic heterocycles. The van der Waals surface area contributed by atoms with Crippen LogP contribution in [0.5, 0.6) is 0 Å². The molecule has 0 radical (unpaired) electrons. The van der Waals surface area contributed by atoms with E-state index in [-0.39, 0.29) is 5.69 Å². The highest BCUT2D eigenvalue weighted by atomic mass is 35.5. The van der Waals surface area contributed by atoms with Crippen molar-refractivity contribution in [3.63, 3.8) is 0 Å². The number of hydrogen-bond donors (Lipinski definition) is 2. The van der Waals surface area contributed by atoms with E-state index in [1.807, 2.05) is 6.92 Å². The van der Waals surface area contributed by atoms with Gasteiger partial charge in [-0.25, -0.2) is 0 Å². The van der Waals surface area contributed by atoms with Gasteiger partial charge >= 0.3 is 5.69 Å². The summed E-state index contributed by atoms with van der Waals surface area (Å²) in [5.74, 6) is 0. The first-order valence-electron chi connectivity index (χ1n) is 6.15. The molecule has 0 spiro atoms. The minimum Gasteiger partial charge on any atom is -0.380 e. The molecule has 0 heterocycles. The zero-order valence-electron chi connectivity index (χ0n) is 10.9. The third-order valence-electron chi connectivity index (χ3n) is 2.69. The van der Waals surface area contributed by atoms with Crippen molar-refractivity contribution in [1.82, 2.24) is 0 Å². The third kappa shape index (κ3) is 3.19. The second-order valence-corrected chi connectivity index (χ2v) is 4.56. The zero-order valence-corrected chi connectivity index (χ0v) is 11.6. The molecule has 0 aliphatic carbocycles. The summed E-state index contributed by atoms with van der Waals surface area (Å²) in [6.45, 7) is 2.50. The number of halogens is 1. The SMILES string of the molecule is CCNc1cccc(Nc2cccc(Cl)c2)c1[N+](=O)[O-]. The van der Waals surface area contributed by atoms with Crippen LogP contribution in [0, 0.1) is 10.1 Å². The highest BCUT2D eigenvalue weighted by Crippen LogP contribution is 2.34. The quantitative estimate of drug-likeness (QED) is 0.632. The van der Waals surface area contributed by atoms with Crippen molar-refractivity contribution in [2.24, 2.45) is 0 Å². The van der Waals surface area contributed by atoms with E-state index in [1.54, 1.807) is 42.5 Å². The molecule has 2 N–H and O–H groups in total. The van der Waals surface area contributed by atoms with Crippen LogP contribution in [-0.4, -0.2) is 11.5 Å². The molecule has 0 aromatic heterocycles. The van der Waals surface area contributed by atoms with Crippen molar-refractivity contribution >= 4 is 34.4 Å². The molecule has 0 unspecified atom stereocenters. The molecule has 0 fully saturated rings. The predicted octanol–water partition coefficient (Wildman–Crippen LogP) is 4.42. The molecule has 20 heavy (non-hydrogen) atoms. The van der Waals surface area contributed by atoms with E-state index in [1.165, 1.54) is 0 Å². The Morgan fingerprint density at radius 2 is 1.90 bits per heavy atom. The van der Waals surface area contributed by atoms with Crippen molar-refractivity contribution in [1.29, 1.82) is 0 Å². The molecule has 0 saturated heterocycles. The maximum atomic E-state index is 11.3. The van der Waals surface area contributed by atoms with E-state index in [0.29, 0.717) is 28.6 Å². The first-order chi connectivity index (χ1) is 9.61. The average molecular weight is 292 g/mol. The van der Waals surface area contributed by atoms with Crippen LogP contribution >= 0.6 is 11.6 Å². The Kier molecular flexibility index (Phi) is 4.42. The lowest BCUT2D eigenvalue weighted by molar-refractivity contribution is -0.383. The van der Waals surface area contributed by atoms with Crippen LogP contribution < -0.4 is 10.6 Å². The van der Waals surface area contributed by atoms with Gasteiger partial charge in [0.2, 0.25) is 0 Å². The van der Waals surface area contributed by atoms with Crippen molar-refractivity contribution in [2.45, 2.75) is 6.92 Å². The fourth-order valence-electron chi connectivity index (χ4n) is 1.90. The van der Waals surface area contributed by atoms with Gasteiger partial charge in [-0.1, -0.05) is 23.7 Å². The number of nitro benzene ring substituents is 1. The summed E-state index contributed by atoms with van der Waals surface area (Å²) < 4.78 is 0. The maximum Gasteiger partial charge on any atom is 0.315 e. The van der Waals surface area contributed by atoms with Crippen LogP contribution in [-0.2, 0) is 0 Å². The van der Waals surface area contributed by atoms with Crippen molar-refractivity contribution in [3.8, 4) is 0 Å². The van der Waals surface area contributed by atoms with E-state index >= 15 is 0 Å². The lowest BCUT2D eigenvalue weighted by atomic mass is 10.2. The number of benzene rings is 2. The Morgan fingerprint density at radius 1 is 1.20 bits per heavy atom. The maximum absolute atomic E-state index is 11.3. The number of nitrogens with zero attached hydrogens (tertiary/aromatic N) is 1. The number of nitrogens with one attached hydrogen (secondary N) is 2. The Bertz CT molecular complexity index is 632. The minimum atomic E-state index is -0.398. The molecule has 0 amide bonds. The molecule has 5 nitrogen and oxygen atoms in total. The molecule has 0 bridgehead atoms. The van der Waals surface area contributed by atoms with Crippen LogP contribution in [0.25, 0.3) is 0 Å². The van der Waals surface area contributed by atoms with Gasteiger partial charge in [-0.3, -0.25) is 10.1 Å². The summed E-state index contributed by atoms with van der Waals surface area (Å²) in [7, 11) is 0. The predicted molar refractivity (Wildman–Crippen MR) is 82.0 cm³/mol. The summed E-state index contributed by atoms with van der Waals surface area (Å²) in [5.41, 5.74) is 1.64. The Morgan fingerprint density at radius 3 is 2.55 bits per heavy atom. The van der Waals surface area contributed by atoms with Gasteiger partial charge < -0.3 is 10.6 Å². The van der Waals surface area contributed by atoms with Crippen molar-refractivity contribution in [2.75, 3.05) is 17.2 Å². The normalized spacial score (nSPS) is 10.1. The first-order valence-corrected chi connectivity index (χ1v) is 6.53. The van der Waals surface area contributed by atoms with Crippen molar-refractivity contribution in [3.05, 3.63) is 57.6 Å². The Hall–Kier alpha value is -2.27. The summed E-state index contributed by atoms with van der Waals surface area (Å²) in [6.07, 6.45) is 0. The van der Waals surface area contributed by atoms with Gasteiger partial charge in [0, 0.05) is 17.3 Å². The highest BCUT2D eigenvalue weighted by Gasteiger charge is 2.19. The van der Waals surface area contributed by atoms with Crippen LogP contribution in [0.4, 0.5) is 22.7 Å². The average Bonchev–Trinajstić information content (AvgIpc) is 2.39. The number of rotatable bonds is 5. The van der Waals surface area contributed by atoms with Crippen LogP contribution in [0.1, 0.15) is 6.92 Å². The number of hydrogen-bond acceptors (Lipinski definition) is 4. The Labute approximate surface area is 121 Å². The molecule has 2 aromatic rings. The molecule has 6 heteroatoms. The molecule has 0 aliphatic rings. The molecular formula is C14H14ClN3O2. The number of anilines is 3. The van der Waals surface area contributed by atoms with Crippen LogP contribution in [0.2, 0.25) is 5.02 Å². The summed E-state index contributed by atoms with van der Waals surface area (Å²) in [6, 6.07) is 12.2. The summed E-state index contributed by atoms with van der Waals surface area (Å²) in [5, 5.41) is 17.9. The van der Waals surface area contributed by atoms with Gasteiger partial charge in [0.25, 0.3) is 0 Å². The molecule has 2 rings (SSSR count). The fraction of sp³-hybridized carbons (Fsp3) is 0.143. The van der Waals surface area contributed by atoms with Crippen LogP contribution in [0.3, 0.4) is 0 Å². The van der Waals surface area contributed by atoms with Crippen molar-refractivity contribution < 1.29 is 4.92 Å². The van der Waals surface area contributed by atoms with E-state index < -0.39 is 4.92 Å². The zero-order chi connectivity index (χ0) is 14.5. The largest absolute Gasteiger partial charge is 0.380 e. The van der Waals surface area contributed by atoms with Gasteiger partial charge in [0.1, 0.15) is 11.4 Å². The first kappa shape index (κ1) is 14.1. The molecule has 2 aromatic carbocycles. The van der Waals surface area contributed by atoms with E-state index in [9.17, 15) is 10.1 Å². The molecule has 0 saturated carbocycles. The van der Waals surface area contributed by atoms with E-state index in [0.717, 1.165) is 0 Å². The second kappa shape index (κ2) is 6.25. The fourth-order valence-corrected chi connectivity index (χ4v) is 2.09. The van der Waals surface area contributed by atoms with E-state index in [4.69, 9.17) is 11.6 Å². The lowest BCUT2D eigenvalue weighted by Gasteiger charge is -2.11.